The van der Waals surface area contributed by atoms with Gasteiger partial charge in [-0.15, -0.1) is 0 Å². The van der Waals surface area contributed by atoms with Gasteiger partial charge < -0.3 is 19.1 Å². The molecule has 0 bridgehead atoms. The van der Waals surface area contributed by atoms with Gasteiger partial charge in [0.15, 0.2) is 18.1 Å². The minimum Gasteiger partial charge on any atom is -0.493 e. The average molecular weight is 251 g/mol. The molecule has 1 amide bonds. The van der Waals surface area contributed by atoms with Crippen molar-refractivity contribution in [3.8, 4) is 11.5 Å². The lowest BCUT2D eigenvalue weighted by molar-refractivity contribution is -0.121. The molecule has 0 aliphatic carbocycles. The summed E-state index contributed by atoms with van der Waals surface area (Å²) in [5.74, 6) is 0.161. The van der Waals surface area contributed by atoms with Gasteiger partial charge in [-0.2, -0.15) is 0 Å². The summed E-state index contributed by atoms with van der Waals surface area (Å²) in [5.41, 5.74) is 0.796. The van der Waals surface area contributed by atoms with Crippen LogP contribution in [0.5, 0.6) is 11.5 Å². The Morgan fingerprint density at radius 3 is 2.72 bits per heavy atom. The van der Waals surface area contributed by atoms with Crippen molar-refractivity contribution < 1.29 is 23.8 Å². The van der Waals surface area contributed by atoms with Gasteiger partial charge in [-0.05, 0) is 12.1 Å². The second-order valence-corrected chi connectivity index (χ2v) is 3.76. The molecule has 1 aliphatic rings. The second-order valence-electron chi connectivity index (χ2n) is 3.76. The lowest BCUT2D eigenvalue weighted by Gasteiger charge is -2.27. The first kappa shape index (κ1) is 12.2. The topological polar surface area (TPSA) is 65.1 Å². The monoisotopic (exact) mass is 251 g/mol. The van der Waals surface area contributed by atoms with Crippen LogP contribution in [-0.2, 0) is 9.53 Å². The van der Waals surface area contributed by atoms with Gasteiger partial charge in [0.1, 0.15) is 0 Å². The van der Waals surface area contributed by atoms with Crippen LogP contribution in [0.3, 0.4) is 0 Å². The number of amides is 1. The molecular weight excluding hydrogens is 238 g/mol. The fourth-order valence-corrected chi connectivity index (χ4v) is 1.73. The molecule has 0 fully saturated rings. The highest BCUT2D eigenvalue weighted by molar-refractivity contribution is 6.00. The van der Waals surface area contributed by atoms with Crippen LogP contribution >= 0.6 is 0 Å². The summed E-state index contributed by atoms with van der Waals surface area (Å²) in [6.45, 7) is -0.0442. The van der Waals surface area contributed by atoms with E-state index in [4.69, 9.17) is 9.47 Å². The van der Waals surface area contributed by atoms with E-state index < -0.39 is 5.97 Å². The standard InChI is InChI=1S/C12H13NO5/c1-13-8-4-7(12(15)17-3)5-9(16-2)11(8)18-6-10(13)14/h4-5H,6H2,1-3H3. The van der Waals surface area contributed by atoms with Crippen LogP contribution in [0.25, 0.3) is 0 Å². The number of ether oxygens (including phenoxy) is 3. The second kappa shape index (κ2) is 4.56. The van der Waals surface area contributed by atoms with E-state index >= 15 is 0 Å². The number of anilines is 1. The first-order chi connectivity index (χ1) is 8.58. The van der Waals surface area contributed by atoms with E-state index in [2.05, 4.69) is 4.74 Å². The van der Waals surface area contributed by atoms with Crippen molar-refractivity contribution in [2.75, 3.05) is 32.8 Å². The molecule has 2 rings (SSSR count). The smallest absolute Gasteiger partial charge is 0.338 e. The molecule has 0 aromatic heterocycles. The van der Waals surface area contributed by atoms with E-state index in [1.54, 1.807) is 13.1 Å². The minimum absolute atomic E-state index is 0.0442. The maximum Gasteiger partial charge on any atom is 0.338 e. The third-order valence-electron chi connectivity index (χ3n) is 2.75. The summed E-state index contributed by atoms with van der Waals surface area (Å²) in [7, 11) is 4.38. The molecule has 6 nitrogen and oxygen atoms in total. The van der Waals surface area contributed by atoms with Gasteiger partial charge in [0.2, 0.25) is 0 Å². The summed E-state index contributed by atoms with van der Waals surface area (Å²) in [6, 6.07) is 3.06. The Labute approximate surface area is 104 Å². The third kappa shape index (κ3) is 1.85. The zero-order valence-corrected chi connectivity index (χ0v) is 10.4. The first-order valence-corrected chi connectivity index (χ1v) is 5.28. The highest BCUT2D eigenvalue weighted by atomic mass is 16.5. The van der Waals surface area contributed by atoms with E-state index in [1.165, 1.54) is 25.2 Å². The normalized spacial score (nSPS) is 13.7. The quantitative estimate of drug-likeness (QED) is 0.729. The molecule has 0 unspecified atom stereocenters. The average Bonchev–Trinajstić information content (AvgIpc) is 2.41. The molecule has 0 atom stereocenters. The summed E-state index contributed by atoms with van der Waals surface area (Å²) >= 11 is 0. The van der Waals surface area contributed by atoms with Crippen molar-refractivity contribution in [2.24, 2.45) is 0 Å². The largest absolute Gasteiger partial charge is 0.493 e. The van der Waals surface area contributed by atoms with E-state index in [1.807, 2.05) is 0 Å². The highest BCUT2D eigenvalue weighted by Gasteiger charge is 2.27. The lowest BCUT2D eigenvalue weighted by atomic mass is 10.1. The lowest BCUT2D eigenvalue weighted by Crippen LogP contribution is -2.35. The number of rotatable bonds is 2. The fourth-order valence-electron chi connectivity index (χ4n) is 1.73. The Bertz CT molecular complexity index is 511. The zero-order chi connectivity index (χ0) is 13.3. The SMILES string of the molecule is COC(=O)c1cc(OC)c2c(c1)N(C)C(=O)CO2. The van der Waals surface area contributed by atoms with Crippen LogP contribution in [-0.4, -0.2) is 39.8 Å². The number of hydrogen-bond acceptors (Lipinski definition) is 5. The van der Waals surface area contributed by atoms with Gasteiger partial charge in [-0.25, -0.2) is 4.79 Å². The molecular formula is C12H13NO5. The van der Waals surface area contributed by atoms with Gasteiger partial charge in [0.05, 0.1) is 25.5 Å². The molecule has 1 aromatic rings. The number of fused-ring (bicyclic) bond motifs is 1. The first-order valence-electron chi connectivity index (χ1n) is 5.28. The van der Waals surface area contributed by atoms with E-state index in [0.717, 1.165) is 0 Å². The number of nitrogens with zero attached hydrogens (tertiary/aromatic N) is 1. The molecule has 6 heteroatoms. The third-order valence-corrected chi connectivity index (χ3v) is 2.75. The van der Waals surface area contributed by atoms with Gasteiger partial charge in [-0.1, -0.05) is 0 Å². The predicted molar refractivity (Wildman–Crippen MR) is 63.2 cm³/mol. The Kier molecular flexibility index (Phi) is 3.10. The summed E-state index contributed by atoms with van der Waals surface area (Å²) in [6.07, 6.45) is 0. The number of carbonyl (C=O) groups excluding carboxylic acids is 2. The number of carbonyl (C=O) groups is 2. The van der Waals surface area contributed by atoms with Crippen LogP contribution in [0.1, 0.15) is 10.4 Å². The minimum atomic E-state index is -0.498. The van der Waals surface area contributed by atoms with Crippen LogP contribution in [0.2, 0.25) is 0 Å². The van der Waals surface area contributed by atoms with Gasteiger partial charge in [-0.3, -0.25) is 4.79 Å². The molecule has 0 saturated carbocycles. The van der Waals surface area contributed by atoms with Gasteiger partial charge >= 0.3 is 5.97 Å². The van der Waals surface area contributed by atoms with E-state index in [0.29, 0.717) is 22.7 Å². The fraction of sp³-hybridized carbons (Fsp3) is 0.333. The van der Waals surface area contributed by atoms with Gasteiger partial charge in [0.25, 0.3) is 5.91 Å². The maximum absolute atomic E-state index is 11.6. The number of likely N-dealkylation sites (N-methyl/N-ethyl adjacent to an activating group) is 1. The van der Waals surface area contributed by atoms with Crippen LogP contribution in [0.4, 0.5) is 5.69 Å². The van der Waals surface area contributed by atoms with Crippen molar-refractivity contribution in [1.82, 2.24) is 0 Å². The molecule has 0 radical (unpaired) electrons. The van der Waals surface area contributed by atoms with Crippen LogP contribution in [0, 0.1) is 0 Å². The van der Waals surface area contributed by atoms with Crippen molar-refractivity contribution in [3.63, 3.8) is 0 Å². The van der Waals surface area contributed by atoms with Crippen LogP contribution < -0.4 is 14.4 Å². The Morgan fingerprint density at radius 2 is 2.11 bits per heavy atom. The van der Waals surface area contributed by atoms with Crippen molar-refractivity contribution in [1.29, 1.82) is 0 Å². The number of methoxy groups -OCH3 is 2. The molecule has 0 spiro atoms. The molecule has 0 N–H and O–H groups in total. The summed E-state index contributed by atoms with van der Waals surface area (Å²) in [4.78, 5) is 24.5. The Morgan fingerprint density at radius 1 is 1.39 bits per heavy atom. The van der Waals surface area contributed by atoms with E-state index in [9.17, 15) is 9.59 Å². The van der Waals surface area contributed by atoms with Crippen molar-refractivity contribution in [3.05, 3.63) is 17.7 Å². The number of benzene rings is 1. The van der Waals surface area contributed by atoms with E-state index in [-0.39, 0.29) is 12.5 Å². The zero-order valence-electron chi connectivity index (χ0n) is 10.4. The number of hydrogen-bond donors (Lipinski definition) is 0. The molecule has 1 aliphatic heterocycles. The van der Waals surface area contributed by atoms with Crippen molar-refractivity contribution in [2.45, 2.75) is 0 Å². The number of esters is 1. The summed E-state index contributed by atoms with van der Waals surface area (Å²) in [5, 5.41) is 0. The molecule has 96 valence electrons. The Hall–Kier alpha value is -2.24. The molecule has 1 heterocycles. The summed E-state index contributed by atoms with van der Waals surface area (Å²) < 4.78 is 15.1. The highest BCUT2D eigenvalue weighted by Crippen LogP contribution is 2.40. The maximum atomic E-state index is 11.6. The van der Waals surface area contributed by atoms with Gasteiger partial charge in [0, 0.05) is 7.05 Å². The van der Waals surface area contributed by atoms with Crippen LogP contribution in [0.15, 0.2) is 12.1 Å². The predicted octanol–water partition coefficient (Wildman–Crippen LogP) is 0.837. The molecule has 18 heavy (non-hydrogen) atoms. The van der Waals surface area contributed by atoms with Crippen molar-refractivity contribution >= 4 is 17.6 Å². The molecule has 1 aromatic carbocycles. The molecule has 0 saturated heterocycles. The Balaban J connectivity index is 2.58.